The number of anilines is 1. The maximum Gasteiger partial charge on any atom is 0.416 e. The molecule has 10 nitrogen and oxygen atoms in total. The summed E-state index contributed by atoms with van der Waals surface area (Å²) in [6.07, 6.45) is -0.747. The van der Waals surface area contributed by atoms with Gasteiger partial charge in [0.15, 0.2) is 9.84 Å². The van der Waals surface area contributed by atoms with Crippen LogP contribution in [0.15, 0.2) is 52.3 Å². The number of likely N-dealkylation sites (tertiary alicyclic amines) is 1. The first-order chi connectivity index (χ1) is 20.4. The molecule has 0 aromatic heterocycles. The molecule has 43 heavy (non-hydrogen) atoms. The van der Waals surface area contributed by atoms with Crippen LogP contribution in [-0.2, 0) is 20.8 Å². The molecule has 2 aromatic rings. The number of hydrogen-bond donors (Lipinski definition) is 4. The van der Waals surface area contributed by atoms with E-state index < -0.39 is 63.5 Å². The number of halogens is 3. The molecule has 2 atom stereocenters. The fourth-order valence-corrected chi connectivity index (χ4v) is 7.20. The van der Waals surface area contributed by atoms with E-state index in [9.17, 15) is 36.0 Å². The number of benzene rings is 2. The Morgan fingerprint density at radius 3 is 2.42 bits per heavy atom. The molecule has 2 saturated heterocycles. The van der Waals surface area contributed by atoms with Crippen LogP contribution in [0, 0.1) is 5.92 Å². The van der Waals surface area contributed by atoms with Gasteiger partial charge in [0.05, 0.1) is 34.0 Å². The van der Waals surface area contributed by atoms with Gasteiger partial charge in [-0.2, -0.15) is 13.2 Å². The topological polar surface area (TPSA) is 137 Å². The summed E-state index contributed by atoms with van der Waals surface area (Å²) in [5, 5.41) is 10.7. The van der Waals surface area contributed by atoms with E-state index in [4.69, 9.17) is 0 Å². The Kier molecular flexibility index (Phi) is 10.6. The fraction of sp³-hybridized carbons (Fsp3) is 0.464. The van der Waals surface area contributed by atoms with Crippen LogP contribution in [0.4, 0.5) is 23.7 Å². The van der Waals surface area contributed by atoms with Crippen molar-refractivity contribution < 1.29 is 36.0 Å². The number of alkyl halides is 3. The molecule has 0 saturated carbocycles. The van der Waals surface area contributed by atoms with E-state index in [0.717, 1.165) is 29.9 Å². The number of rotatable bonds is 9. The molecule has 15 heteroatoms. The molecule has 0 unspecified atom stereocenters. The Balaban J connectivity index is 1.40. The normalized spacial score (nSPS) is 19.1. The summed E-state index contributed by atoms with van der Waals surface area (Å²) in [6.45, 7) is 1.30. The predicted octanol–water partition coefficient (Wildman–Crippen LogP) is 3.35. The van der Waals surface area contributed by atoms with Crippen LogP contribution in [0.1, 0.15) is 35.2 Å². The minimum atomic E-state index is -4.73. The molecule has 4 amide bonds. The third-order valence-electron chi connectivity index (χ3n) is 7.46. The van der Waals surface area contributed by atoms with Crippen LogP contribution in [0.2, 0.25) is 0 Å². The van der Waals surface area contributed by atoms with Gasteiger partial charge < -0.3 is 26.2 Å². The molecule has 0 radical (unpaired) electrons. The number of amides is 4. The van der Waals surface area contributed by atoms with Crippen molar-refractivity contribution in [3.8, 4) is 0 Å². The largest absolute Gasteiger partial charge is 0.416 e. The van der Waals surface area contributed by atoms with E-state index in [1.165, 1.54) is 16.7 Å². The van der Waals surface area contributed by atoms with Crippen LogP contribution in [-0.4, -0.2) is 81.9 Å². The first-order valence-corrected chi connectivity index (χ1v) is 16.7. The van der Waals surface area contributed by atoms with Crippen molar-refractivity contribution in [3.63, 3.8) is 0 Å². The molecule has 4 N–H and O–H groups in total. The number of thioether (sulfide) groups is 1. The van der Waals surface area contributed by atoms with Crippen molar-refractivity contribution in [2.45, 2.75) is 41.3 Å². The minimum absolute atomic E-state index is 0.116. The zero-order valence-corrected chi connectivity index (χ0v) is 25.1. The summed E-state index contributed by atoms with van der Waals surface area (Å²) in [5.41, 5.74) is -1.64. The lowest BCUT2D eigenvalue weighted by atomic mass is 9.94. The summed E-state index contributed by atoms with van der Waals surface area (Å²) >= 11 is 1.50. The summed E-state index contributed by atoms with van der Waals surface area (Å²) in [5.74, 6) is -2.20. The number of urea groups is 1. The molecule has 2 fully saturated rings. The van der Waals surface area contributed by atoms with Gasteiger partial charge in [-0.3, -0.25) is 9.59 Å². The highest BCUT2D eigenvalue weighted by Crippen LogP contribution is 2.32. The van der Waals surface area contributed by atoms with E-state index in [2.05, 4.69) is 21.3 Å². The van der Waals surface area contributed by atoms with Crippen LogP contribution >= 0.6 is 11.8 Å². The molecular formula is C28H34F3N5O5S2. The molecule has 2 heterocycles. The van der Waals surface area contributed by atoms with E-state index >= 15 is 0 Å². The number of nitrogens with zero attached hydrogens (tertiary/aromatic N) is 1. The SMILES string of the molecule is CSc1ccc(S(=O)(=O)C[C@@H]2CCNC[C@@H]2NC(=O)CNC(=O)c2cc(C(F)(F)F)ccc2NC(=O)N2CCCC2)cc1. The van der Waals surface area contributed by atoms with Gasteiger partial charge in [-0.25, -0.2) is 13.2 Å². The molecule has 0 spiro atoms. The average molecular weight is 642 g/mol. The minimum Gasteiger partial charge on any atom is -0.350 e. The Morgan fingerprint density at radius 2 is 1.77 bits per heavy atom. The zero-order valence-electron chi connectivity index (χ0n) is 23.5. The third kappa shape index (κ3) is 8.63. The van der Waals surface area contributed by atoms with Crippen LogP contribution < -0.4 is 21.3 Å². The number of carbonyl (C=O) groups excluding carboxylic acids is 3. The van der Waals surface area contributed by atoms with Gasteiger partial charge in [-0.1, -0.05) is 0 Å². The van der Waals surface area contributed by atoms with Crippen molar-refractivity contribution in [3.05, 3.63) is 53.6 Å². The lowest BCUT2D eigenvalue weighted by molar-refractivity contribution is -0.137. The Bertz CT molecular complexity index is 1430. The van der Waals surface area contributed by atoms with Crippen LogP contribution in [0.5, 0.6) is 0 Å². The Labute approximate surface area is 252 Å². The summed E-state index contributed by atoms with van der Waals surface area (Å²) in [7, 11) is -3.64. The van der Waals surface area contributed by atoms with E-state index in [1.54, 1.807) is 24.3 Å². The van der Waals surface area contributed by atoms with E-state index in [-0.39, 0.29) is 16.3 Å². The lowest BCUT2D eigenvalue weighted by Crippen LogP contribution is -2.54. The van der Waals surface area contributed by atoms with E-state index in [0.29, 0.717) is 38.7 Å². The highest BCUT2D eigenvalue weighted by Gasteiger charge is 2.33. The van der Waals surface area contributed by atoms with Gasteiger partial charge in [0.25, 0.3) is 5.91 Å². The first kappa shape index (κ1) is 32.6. The van der Waals surface area contributed by atoms with Crippen molar-refractivity contribution in [1.29, 1.82) is 0 Å². The Morgan fingerprint density at radius 1 is 1.07 bits per heavy atom. The molecular weight excluding hydrogens is 607 g/mol. The monoisotopic (exact) mass is 641 g/mol. The van der Waals surface area contributed by atoms with Crippen molar-refractivity contribution in [2.24, 2.45) is 5.92 Å². The predicted molar refractivity (Wildman–Crippen MR) is 157 cm³/mol. The lowest BCUT2D eigenvalue weighted by Gasteiger charge is -2.32. The van der Waals surface area contributed by atoms with Crippen molar-refractivity contribution in [1.82, 2.24) is 20.9 Å². The summed E-state index contributed by atoms with van der Waals surface area (Å²) in [6, 6.07) is 7.90. The maximum atomic E-state index is 13.4. The second kappa shape index (κ2) is 14.0. The molecule has 0 bridgehead atoms. The van der Waals surface area contributed by atoms with Crippen molar-refractivity contribution in [2.75, 3.05) is 50.0 Å². The highest BCUT2D eigenvalue weighted by atomic mass is 32.2. The quantitative estimate of drug-likeness (QED) is 0.309. The highest BCUT2D eigenvalue weighted by molar-refractivity contribution is 7.98. The van der Waals surface area contributed by atoms with Crippen LogP contribution in [0.25, 0.3) is 0 Å². The van der Waals surface area contributed by atoms with Gasteiger partial charge in [0, 0.05) is 30.6 Å². The molecule has 2 aliphatic heterocycles. The number of piperidine rings is 1. The number of nitrogens with one attached hydrogen (secondary N) is 4. The second-order valence-electron chi connectivity index (χ2n) is 10.4. The molecule has 2 aliphatic rings. The average Bonchev–Trinajstić information content (AvgIpc) is 3.52. The first-order valence-electron chi connectivity index (χ1n) is 13.8. The zero-order chi connectivity index (χ0) is 31.2. The van der Waals surface area contributed by atoms with Gasteiger partial charge in [0.1, 0.15) is 0 Å². The van der Waals surface area contributed by atoms with Gasteiger partial charge in [-0.15, -0.1) is 11.8 Å². The number of hydrogen-bond acceptors (Lipinski definition) is 7. The van der Waals surface area contributed by atoms with Gasteiger partial charge in [-0.05, 0) is 80.4 Å². The summed E-state index contributed by atoms with van der Waals surface area (Å²) in [4.78, 5) is 41.0. The van der Waals surface area contributed by atoms with Crippen molar-refractivity contribution >= 4 is 45.1 Å². The van der Waals surface area contributed by atoms with Crippen LogP contribution in [0.3, 0.4) is 0 Å². The molecule has 0 aliphatic carbocycles. The third-order valence-corrected chi connectivity index (χ3v) is 10.1. The van der Waals surface area contributed by atoms with Gasteiger partial charge >= 0.3 is 12.2 Å². The standard InChI is InChI=1S/C28H34F3N5O5S2/c1-42-20-5-7-21(8-6-20)43(40,41)17-18-10-11-32-15-24(18)34-25(37)16-33-26(38)22-14-19(28(29,30)31)4-9-23(22)35-27(39)36-12-2-3-13-36/h4-9,14,18,24,32H,2-3,10-13,15-17H2,1H3,(H,33,38)(H,34,37)(H,35,39)/t18-,24-/m0/s1. The maximum absolute atomic E-state index is 13.4. The fourth-order valence-electron chi connectivity index (χ4n) is 5.09. The number of sulfone groups is 1. The molecule has 234 valence electrons. The smallest absolute Gasteiger partial charge is 0.350 e. The summed E-state index contributed by atoms with van der Waals surface area (Å²) < 4.78 is 66.4. The number of carbonyl (C=O) groups is 3. The van der Waals surface area contributed by atoms with E-state index in [1.807, 2.05) is 6.26 Å². The van der Waals surface area contributed by atoms with Gasteiger partial charge in [0.2, 0.25) is 5.91 Å². The molecule has 2 aromatic carbocycles. The molecule has 4 rings (SSSR count). The second-order valence-corrected chi connectivity index (χ2v) is 13.4. The Hall–Kier alpha value is -3.30.